The summed E-state index contributed by atoms with van der Waals surface area (Å²) in [7, 11) is 0. The summed E-state index contributed by atoms with van der Waals surface area (Å²) in [4.78, 5) is 19.4. The molecule has 2 heterocycles. The highest BCUT2D eigenvalue weighted by atomic mass is 35.5. The van der Waals surface area contributed by atoms with Crippen molar-refractivity contribution < 1.29 is 23.4 Å². The number of carboxylic acid groups (broad SMARTS) is 1. The Balaban J connectivity index is 1.84. The van der Waals surface area contributed by atoms with Gasteiger partial charge >= 0.3 is 12.6 Å². The Morgan fingerprint density at radius 1 is 1.38 bits per heavy atom. The lowest BCUT2D eigenvalue weighted by Crippen LogP contribution is -2.45. The van der Waals surface area contributed by atoms with Crippen LogP contribution in [0.5, 0.6) is 5.75 Å². The van der Waals surface area contributed by atoms with Gasteiger partial charge in [0.15, 0.2) is 0 Å². The fourth-order valence-electron chi connectivity index (χ4n) is 4.40. The van der Waals surface area contributed by atoms with Crippen LogP contribution in [-0.4, -0.2) is 40.7 Å². The molecule has 2 aromatic rings. The average molecular weight is 487 g/mol. The van der Waals surface area contributed by atoms with E-state index < -0.39 is 18.5 Å². The minimum absolute atomic E-state index is 0.0205. The maximum absolute atomic E-state index is 12.8. The van der Waals surface area contributed by atoms with Gasteiger partial charge in [0.1, 0.15) is 10.8 Å². The van der Waals surface area contributed by atoms with Gasteiger partial charge < -0.3 is 9.84 Å². The molecular weight excluding hydrogens is 458 g/mol. The number of carboxylic acids is 1. The monoisotopic (exact) mass is 486 g/mol. The van der Waals surface area contributed by atoms with Gasteiger partial charge in [-0.2, -0.15) is 8.78 Å². The van der Waals surface area contributed by atoms with E-state index in [2.05, 4.69) is 35.4 Å². The summed E-state index contributed by atoms with van der Waals surface area (Å²) in [5, 5.41) is 10.6. The van der Waals surface area contributed by atoms with Crippen LogP contribution in [0.4, 0.5) is 8.78 Å². The molecule has 0 saturated carbocycles. The molecule has 1 fully saturated rings. The topological polar surface area (TPSA) is 62.7 Å². The van der Waals surface area contributed by atoms with Crippen molar-refractivity contribution >= 4 is 28.9 Å². The van der Waals surface area contributed by atoms with Crippen LogP contribution in [0.2, 0.25) is 5.02 Å². The predicted octanol–water partition coefficient (Wildman–Crippen LogP) is 6.58. The minimum Gasteiger partial charge on any atom is -0.481 e. The van der Waals surface area contributed by atoms with Crippen molar-refractivity contribution in [1.82, 2.24) is 9.88 Å². The smallest absolute Gasteiger partial charge is 0.387 e. The number of piperidine rings is 1. The first-order chi connectivity index (χ1) is 14.9. The summed E-state index contributed by atoms with van der Waals surface area (Å²) in [6.45, 7) is 6.88. The van der Waals surface area contributed by atoms with E-state index in [0.29, 0.717) is 34.5 Å². The number of halogens is 3. The Hall–Kier alpha value is -1.77. The molecule has 5 nitrogen and oxygen atoms in total. The van der Waals surface area contributed by atoms with Gasteiger partial charge in [0.25, 0.3) is 0 Å². The molecule has 0 radical (unpaired) electrons. The molecule has 1 saturated heterocycles. The number of aliphatic carboxylic acids is 1. The summed E-state index contributed by atoms with van der Waals surface area (Å²) >= 11 is 7.46. The molecule has 32 heavy (non-hydrogen) atoms. The van der Waals surface area contributed by atoms with E-state index in [1.54, 1.807) is 12.3 Å². The third kappa shape index (κ3) is 6.39. The highest BCUT2D eigenvalue weighted by molar-refractivity contribution is 7.15. The molecule has 1 aliphatic rings. The van der Waals surface area contributed by atoms with Crippen molar-refractivity contribution in [2.45, 2.75) is 53.2 Å². The molecule has 176 valence electrons. The molecule has 0 bridgehead atoms. The van der Waals surface area contributed by atoms with E-state index in [1.165, 1.54) is 23.5 Å². The lowest BCUT2D eigenvalue weighted by atomic mass is 9.78. The maximum atomic E-state index is 12.8. The van der Waals surface area contributed by atoms with Gasteiger partial charge in [-0.15, -0.1) is 11.3 Å². The zero-order chi connectivity index (χ0) is 23.6. The standard InChI is InChI=1S/C23H29ClF2N2O3S/c1-13(28-11-14(9-23(2,3)4)7-15(12-28)21(29)30)19-10-27-20(32-19)17-8-16(24)5-6-18(17)31-22(25)26/h5-6,8,10,13-15,22H,7,9,11-12H2,1-4H3,(H,29,30)/t13?,14-,15+/m0/s1. The van der Waals surface area contributed by atoms with Crippen LogP contribution in [0.3, 0.4) is 0 Å². The largest absolute Gasteiger partial charge is 0.481 e. The summed E-state index contributed by atoms with van der Waals surface area (Å²) in [5.41, 5.74) is 0.527. The van der Waals surface area contributed by atoms with E-state index in [1.807, 2.05) is 6.92 Å². The van der Waals surface area contributed by atoms with Crippen LogP contribution in [0, 0.1) is 17.3 Å². The first kappa shape index (κ1) is 24.9. The predicted molar refractivity (Wildman–Crippen MR) is 122 cm³/mol. The fourth-order valence-corrected chi connectivity index (χ4v) is 5.60. The zero-order valence-corrected chi connectivity index (χ0v) is 20.2. The number of hydrogen-bond acceptors (Lipinski definition) is 5. The third-order valence-corrected chi connectivity index (χ3v) is 7.12. The van der Waals surface area contributed by atoms with E-state index >= 15 is 0 Å². The zero-order valence-electron chi connectivity index (χ0n) is 18.6. The minimum atomic E-state index is -2.95. The van der Waals surface area contributed by atoms with Gasteiger partial charge in [0.2, 0.25) is 0 Å². The number of ether oxygens (including phenoxy) is 1. The SMILES string of the molecule is CC(c1cnc(-c2cc(Cl)ccc2OC(F)F)s1)N1C[C@H](CC(C)(C)C)C[C@@H](C(=O)O)C1. The number of thiazole rings is 1. The molecule has 1 aromatic carbocycles. The third-order valence-electron chi connectivity index (χ3n) is 5.69. The Kier molecular flexibility index (Phi) is 7.78. The van der Waals surface area contributed by atoms with E-state index in [0.717, 1.165) is 17.8 Å². The van der Waals surface area contributed by atoms with Crippen molar-refractivity contribution in [3.05, 3.63) is 34.3 Å². The van der Waals surface area contributed by atoms with Crippen LogP contribution >= 0.6 is 22.9 Å². The number of carbonyl (C=O) groups is 1. The summed E-state index contributed by atoms with van der Waals surface area (Å²) in [6.07, 6.45) is 3.35. The Morgan fingerprint density at radius 3 is 2.72 bits per heavy atom. The van der Waals surface area contributed by atoms with E-state index in [9.17, 15) is 18.7 Å². The number of alkyl halides is 2. The Morgan fingerprint density at radius 2 is 2.09 bits per heavy atom. The number of rotatable bonds is 7. The summed E-state index contributed by atoms with van der Waals surface area (Å²) < 4.78 is 30.3. The quantitative estimate of drug-likeness (QED) is 0.478. The molecule has 0 amide bonds. The van der Waals surface area contributed by atoms with Crippen LogP contribution < -0.4 is 4.74 Å². The van der Waals surface area contributed by atoms with Crippen molar-refractivity contribution in [2.24, 2.45) is 17.3 Å². The number of nitrogens with zero attached hydrogens (tertiary/aromatic N) is 2. The molecule has 0 spiro atoms. The van der Waals surface area contributed by atoms with Gasteiger partial charge in [-0.25, -0.2) is 4.98 Å². The second-order valence-electron chi connectivity index (χ2n) is 9.62. The highest BCUT2D eigenvalue weighted by Gasteiger charge is 2.36. The van der Waals surface area contributed by atoms with Crippen molar-refractivity contribution in [2.75, 3.05) is 13.1 Å². The van der Waals surface area contributed by atoms with E-state index in [-0.39, 0.29) is 17.2 Å². The second-order valence-corrected chi connectivity index (χ2v) is 11.1. The summed E-state index contributed by atoms with van der Waals surface area (Å²) in [5.74, 6) is -0.866. The summed E-state index contributed by atoms with van der Waals surface area (Å²) in [6, 6.07) is 4.42. The van der Waals surface area contributed by atoms with Gasteiger partial charge in [-0.3, -0.25) is 9.69 Å². The normalized spacial score (nSPS) is 21.0. The highest BCUT2D eigenvalue weighted by Crippen LogP contribution is 2.40. The van der Waals surface area contributed by atoms with Crippen molar-refractivity contribution in [3.63, 3.8) is 0 Å². The van der Waals surface area contributed by atoms with E-state index in [4.69, 9.17) is 11.6 Å². The van der Waals surface area contributed by atoms with Crippen molar-refractivity contribution in [3.8, 4) is 16.3 Å². The lowest BCUT2D eigenvalue weighted by Gasteiger charge is -2.41. The van der Waals surface area contributed by atoms with Gasteiger partial charge in [-0.1, -0.05) is 32.4 Å². The molecular formula is C23H29ClF2N2O3S. The van der Waals surface area contributed by atoms with Gasteiger partial charge in [-0.05, 0) is 49.3 Å². The first-order valence-corrected chi connectivity index (χ1v) is 11.8. The molecule has 9 heteroatoms. The first-order valence-electron chi connectivity index (χ1n) is 10.6. The average Bonchev–Trinajstić information content (AvgIpc) is 3.16. The van der Waals surface area contributed by atoms with Gasteiger partial charge in [0, 0.05) is 35.2 Å². The number of hydrogen-bond donors (Lipinski definition) is 1. The fraction of sp³-hybridized carbons (Fsp3) is 0.565. The van der Waals surface area contributed by atoms with Crippen LogP contribution in [0.1, 0.15) is 51.5 Å². The number of benzene rings is 1. The van der Waals surface area contributed by atoms with Crippen molar-refractivity contribution in [1.29, 1.82) is 0 Å². The van der Waals surface area contributed by atoms with Gasteiger partial charge in [0.05, 0.1) is 11.5 Å². The molecule has 1 N–H and O–H groups in total. The molecule has 3 rings (SSSR count). The lowest BCUT2D eigenvalue weighted by molar-refractivity contribution is -0.145. The molecule has 1 unspecified atom stereocenters. The molecule has 0 aliphatic carbocycles. The van der Waals surface area contributed by atoms with Crippen LogP contribution in [0.15, 0.2) is 24.4 Å². The maximum Gasteiger partial charge on any atom is 0.387 e. The second kappa shape index (κ2) is 10.0. The number of aromatic nitrogens is 1. The van der Waals surface area contributed by atoms with Crippen LogP contribution in [0.25, 0.3) is 10.6 Å². The molecule has 1 aliphatic heterocycles. The van der Waals surface area contributed by atoms with Crippen LogP contribution in [-0.2, 0) is 4.79 Å². The Labute approximate surface area is 196 Å². The molecule has 3 atom stereocenters. The molecule has 1 aromatic heterocycles. The number of likely N-dealkylation sites (tertiary alicyclic amines) is 1. The Bertz CT molecular complexity index is 948.